The molecule has 2 heteroatoms. The molecule has 0 fully saturated rings. The van der Waals surface area contributed by atoms with Crippen LogP contribution in [0.4, 0.5) is 0 Å². The smallest absolute Gasteiger partial charge is 0.126 e. The Bertz CT molecular complexity index is 583. The number of rotatable bonds is 27. The number of phenolic OH excluding ortho intramolecular Hbond substituents is 1. The fourth-order valence-corrected chi connectivity index (χ4v) is 5.21. The quantitative estimate of drug-likeness (QED) is 0.121. The first-order valence-corrected chi connectivity index (χ1v) is 16.2. The fourth-order valence-electron chi connectivity index (χ4n) is 5.21. The Hall–Kier alpha value is -1.18. The van der Waals surface area contributed by atoms with Crippen LogP contribution in [0.2, 0.25) is 0 Å². The van der Waals surface area contributed by atoms with Crippen molar-refractivity contribution in [1.29, 1.82) is 0 Å². The van der Waals surface area contributed by atoms with Gasteiger partial charge < -0.3 is 9.84 Å². The predicted molar refractivity (Wildman–Crippen MR) is 159 cm³/mol. The maximum Gasteiger partial charge on any atom is 0.126 e. The number of aromatic hydroxyl groups is 1. The largest absolute Gasteiger partial charge is 0.508 e. The third kappa shape index (κ3) is 19.0. The van der Waals surface area contributed by atoms with Crippen LogP contribution in [-0.2, 0) is 6.42 Å². The Labute approximate surface area is 226 Å². The lowest BCUT2D eigenvalue weighted by atomic mass is 10.0. The van der Waals surface area contributed by atoms with E-state index in [0.29, 0.717) is 5.75 Å². The molecule has 1 aromatic carbocycles. The van der Waals surface area contributed by atoms with Gasteiger partial charge in [-0.2, -0.15) is 0 Å². The summed E-state index contributed by atoms with van der Waals surface area (Å²) in [6, 6.07) is 5.77. The van der Waals surface area contributed by atoms with E-state index >= 15 is 0 Å². The highest BCUT2D eigenvalue weighted by atomic mass is 16.5. The molecule has 0 amide bonds. The van der Waals surface area contributed by atoms with Gasteiger partial charge in [0.25, 0.3) is 0 Å². The summed E-state index contributed by atoms with van der Waals surface area (Å²) in [5.74, 6) is 1.31. The predicted octanol–water partition coefficient (Wildman–Crippen LogP) is 11.7. The molecule has 0 aromatic heterocycles. The van der Waals surface area contributed by atoms with Crippen LogP contribution in [0.5, 0.6) is 11.5 Å². The lowest BCUT2D eigenvalue weighted by Gasteiger charge is -2.13. The average Bonchev–Trinajstić information content (AvgIpc) is 2.88. The third-order valence-electron chi connectivity index (χ3n) is 7.64. The molecule has 2 nitrogen and oxygen atoms in total. The minimum atomic E-state index is 0.408. The maximum absolute atomic E-state index is 10.4. The van der Waals surface area contributed by atoms with Crippen LogP contribution in [-0.4, -0.2) is 11.7 Å². The van der Waals surface area contributed by atoms with Crippen molar-refractivity contribution in [2.24, 2.45) is 0 Å². The third-order valence-corrected chi connectivity index (χ3v) is 7.64. The van der Waals surface area contributed by atoms with Crippen molar-refractivity contribution < 1.29 is 9.84 Å². The molecule has 0 unspecified atom stereocenters. The van der Waals surface area contributed by atoms with E-state index in [0.717, 1.165) is 37.2 Å². The van der Waals surface area contributed by atoms with E-state index in [1.807, 2.05) is 18.2 Å². The van der Waals surface area contributed by atoms with Crippen molar-refractivity contribution in [1.82, 2.24) is 0 Å². The summed E-state index contributed by atoms with van der Waals surface area (Å²) < 4.78 is 6.11. The highest BCUT2D eigenvalue weighted by Crippen LogP contribution is 2.30. The van der Waals surface area contributed by atoms with Gasteiger partial charge in [0.1, 0.15) is 11.5 Å². The first kappa shape index (κ1) is 32.8. The number of benzene rings is 1. The molecule has 0 bridgehead atoms. The standard InChI is InChI=1S/C34H62O2/c1-3-5-7-9-11-13-15-17-19-21-23-25-28-32-33(35)29-27-30-34(32)36-31-26-24-22-20-18-16-14-12-10-8-6-4-2/h27,29-30,35H,3-26,28,31H2,1-2H3. The van der Waals surface area contributed by atoms with Crippen molar-refractivity contribution in [3.05, 3.63) is 23.8 Å². The SMILES string of the molecule is CCCCCCCCCCCCCCOc1cccc(O)c1CCCCCCCCCCCCCC. The Morgan fingerprint density at radius 2 is 0.889 bits per heavy atom. The zero-order valence-electron chi connectivity index (χ0n) is 24.5. The molecular formula is C34H62O2. The van der Waals surface area contributed by atoms with Crippen LogP contribution in [0.1, 0.15) is 174 Å². The summed E-state index contributed by atoms with van der Waals surface area (Å²) in [5, 5.41) is 10.4. The monoisotopic (exact) mass is 502 g/mol. The van der Waals surface area contributed by atoms with Gasteiger partial charge in [-0.1, -0.05) is 161 Å². The summed E-state index contributed by atoms with van der Waals surface area (Å²) in [7, 11) is 0. The van der Waals surface area contributed by atoms with E-state index in [9.17, 15) is 5.11 Å². The molecule has 0 atom stereocenters. The molecule has 0 heterocycles. The summed E-state index contributed by atoms with van der Waals surface area (Å²) in [6.07, 6.45) is 33.6. The molecule has 1 aromatic rings. The Balaban J connectivity index is 2.03. The van der Waals surface area contributed by atoms with E-state index in [4.69, 9.17) is 4.74 Å². The Morgan fingerprint density at radius 3 is 1.33 bits per heavy atom. The van der Waals surface area contributed by atoms with Crippen LogP contribution in [0.15, 0.2) is 18.2 Å². The topological polar surface area (TPSA) is 29.5 Å². The van der Waals surface area contributed by atoms with Gasteiger partial charge in [-0.25, -0.2) is 0 Å². The number of phenols is 1. The van der Waals surface area contributed by atoms with Crippen LogP contribution in [0.25, 0.3) is 0 Å². The van der Waals surface area contributed by atoms with Crippen LogP contribution in [0.3, 0.4) is 0 Å². The van der Waals surface area contributed by atoms with Crippen molar-refractivity contribution in [3.63, 3.8) is 0 Å². The maximum atomic E-state index is 10.4. The lowest BCUT2D eigenvalue weighted by Crippen LogP contribution is -2.01. The molecule has 0 aliphatic heterocycles. The van der Waals surface area contributed by atoms with E-state index < -0.39 is 0 Å². The molecule has 1 N–H and O–H groups in total. The Morgan fingerprint density at radius 1 is 0.500 bits per heavy atom. The van der Waals surface area contributed by atoms with Crippen molar-refractivity contribution in [3.8, 4) is 11.5 Å². The summed E-state index contributed by atoms with van der Waals surface area (Å²) in [4.78, 5) is 0. The van der Waals surface area contributed by atoms with Gasteiger partial charge in [-0.3, -0.25) is 0 Å². The first-order chi connectivity index (χ1) is 17.8. The van der Waals surface area contributed by atoms with Crippen LogP contribution >= 0.6 is 0 Å². The second-order valence-electron chi connectivity index (χ2n) is 11.1. The zero-order valence-corrected chi connectivity index (χ0v) is 24.5. The van der Waals surface area contributed by atoms with Gasteiger partial charge >= 0.3 is 0 Å². The average molecular weight is 503 g/mol. The summed E-state index contributed by atoms with van der Waals surface area (Å²) in [6.45, 7) is 5.34. The minimum absolute atomic E-state index is 0.408. The highest BCUT2D eigenvalue weighted by Gasteiger charge is 2.09. The molecule has 36 heavy (non-hydrogen) atoms. The summed E-state index contributed by atoms with van der Waals surface area (Å²) >= 11 is 0. The molecule has 210 valence electrons. The van der Waals surface area contributed by atoms with Crippen LogP contribution in [0, 0.1) is 0 Å². The molecule has 0 aliphatic carbocycles. The highest BCUT2D eigenvalue weighted by molar-refractivity contribution is 5.43. The van der Waals surface area contributed by atoms with Gasteiger partial charge in [-0.05, 0) is 31.4 Å². The van der Waals surface area contributed by atoms with E-state index in [-0.39, 0.29) is 0 Å². The minimum Gasteiger partial charge on any atom is -0.508 e. The normalized spacial score (nSPS) is 11.3. The number of ether oxygens (including phenoxy) is 1. The number of unbranched alkanes of at least 4 members (excludes halogenated alkanes) is 22. The molecule has 0 spiro atoms. The van der Waals surface area contributed by atoms with E-state index in [2.05, 4.69) is 13.8 Å². The molecule has 0 radical (unpaired) electrons. The number of hydrogen-bond acceptors (Lipinski definition) is 2. The summed E-state index contributed by atoms with van der Waals surface area (Å²) in [5.41, 5.74) is 1.02. The zero-order chi connectivity index (χ0) is 25.9. The molecular weight excluding hydrogens is 440 g/mol. The second-order valence-corrected chi connectivity index (χ2v) is 11.1. The lowest BCUT2D eigenvalue weighted by molar-refractivity contribution is 0.298. The van der Waals surface area contributed by atoms with E-state index in [1.165, 1.54) is 141 Å². The van der Waals surface area contributed by atoms with Crippen molar-refractivity contribution in [2.45, 2.75) is 174 Å². The first-order valence-electron chi connectivity index (χ1n) is 16.2. The number of hydrogen-bond donors (Lipinski definition) is 1. The van der Waals surface area contributed by atoms with Gasteiger partial charge in [0.05, 0.1) is 6.61 Å². The van der Waals surface area contributed by atoms with Gasteiger partial charge in [0, 0.05) is 5.56 Å². The Kier molecular flexibility index (Phi) is 23.2. The molecule has 0 saturated heterocycles. The molecule has 0 aliphatic rings. The molecule has 0 saturated carbocycles. The van der Waals surface area contributed by atoms with Gasteiger partial charge in [0.2, 0.25) is 0 Å². The van der Waals surface area contributed by atoms with E-state index in [1.54, 1.807) is 0 Å². The van der Waals surface area contributed by atoms with Crippen LogP contribution < -0.4 is 4.74 Å². The fraction of sp³-hybridized carbons (Fsp3) is 0.824. The van der Waals surface area contributed by atoms with Gasteiger partial charge in [0.15, 0.2) is 0 Å². The molecule has 1 rings (SSSR count). The van der Waals surface area contributed by atoms with Crippen molar-refractivity contribution in [2.75, 3.05) is 6.61 Å². The van der Waals surface area contributed by atoms with Gasteiger partial charge in [-0.15, -0.1) is 0 Å². The second kappa shape index (κ2) is 25.5. The van der Waals surface area contributed by atoms with Crippen molar-refractivity contribution >= 4 is 0 Å².